The third-order valence-electron chi connectivity index (χ3n) is 13.1. The summed E-state index contributed by atoms with van der Waals surface area (Å²) in [5.41, 5.74) is 6.47. The van der Waals surface area contributed by atoms with E-state index in [1.54, 1.807) is 43.8 Å². The van der Waals surface area contributed by atoms with Gasteiger partial charge in [-0.2, -0.15) is 0 Å². The number of fused-ring (bicyclic) bond motifs is 1. The average molecular weight is 829 g/mol. The number of likely N-dealkylation sites (tertiary alicyclic amines) is 2. The molecule has 0 unspecified atom stereocenters. The van der Waals surface area contributed by atoms with Crippen LogP contribution in [0.25, 0.3) is 33.2 Å². The fourth-order valence-electron chi connectivity index (χ4n) is 9.66. The summed E-state index contributed by atoms with van der Waals surface area (Å²) in [4.78, 5) is 61.3. The molecule has 14 nitrogen and oxygen atoms in total. The maximum atomic E-state index is 15.0. The second-order valence-corrected chi connectivity index (χ2v) is 17.0. The van der Waals surface area contributed by atoms with Gasteiger partial charge in [0.2, 0.25) is 23.6 Å². The highest BCUT2D eigenvalue weighted by molar-refractivity contribution is 5.98. The van der Waals surface area contributed by atoms with Crippen molar-refractivity contribution in [2.75, 3.05) is 27.2 Å². The van der Waals surface area contributed by atoms with E-state index >= 15 is 0 Å². The number of carbonyl (C=O) groups is 4. The summed E-state index contributed by atoms with van der Waals surface area (Å²) in [5, 5.41) is 35.7. The van der Waals surface area contributed by atoms with Gasteiger partial charge in [-0.3, -0.25) is 19.2 Å². The van der Waals surface area contributed by atoms with Crippen molar-refractivity contribution < 1.29 is 33.8 Å². The first-order chi connectivity index (χ1) is 28.8. The predicted molar refractivity (Wildman–Crippen MR) is 229 cm³/mol. The Morgan fingerprint density at radius 2 is 1.38 bits per heavy atom. The molecule has 4 amide bonds. The quantitative estimate of drug-likeness (QED) is 0.0955. The summed E-state index contributed by atoms with van der Waals surface area (Å²) in [6.07, 6.45) is 2.52. The molecule has 0 spiro atoms. The lowest BCUT2D eigenvalue weighted by Crippen LogP contribution is -2.53. The molecular weight excluding hydrogens is 768 g/mol. The number of amides is 4. The Morgan fingerprint density at radius 1 is 0.817 bits per heavy atom. The van der Waals surface area contributed by atoms with Crippen LogP contribution in [0.2, 0.25) is 0 Å². The summed E-state index contributed by atoms with van der Waals surface area (Å²) in [6.45, 7) is 8.17. The van der Waals surface area contributed by atoms with Gasteiger partial charge in [-0.05, 0) is 114 Å². The first kappa shape index (κ1) is 43.3. The summed E-state index contributed by atoms with van der Waals surface area (Å²) in [5.74, 6) is -1.46. The Morgan fingerprint density at radius 3 is 1.93 bits per heavy atom. The molecule has 3 aliphatic heterocycles. The van der Waals surface area contributed by atoms with E-state index in [9.17, 15) is 33.8 Å². The van der Waals surface area contributed by atoms with Gasteiger partial charge in [0.25, 0.3) is 0 Å². The number of carbonyl (C=O) groups excluding carboxylic acids is 4. The van der Waals surface area contributed by atoms with Gasteiger partial charge in [-0.15, -0.1) is 0 Å². The predicted octanol–water partition coefficient (Wildman–Crippen LogP) is 2.89. The molecule has 2 aromatic heterocycles. The standard InChI is InChI=1S/C45H61FN8O6/c1-7-36(50-42(57)24(3)47-5)44(59)53-22-30(55)18-28(53)20-34-32-15-14-27(46)17-38(32)49-39(34)41-35(33-13-9-11-26-12-10-16-52(41)40(26)33)21-29-19-31(56)23-54(29)45(60)37(8-2)51-43(58)25(4)48-6/h9,11,13-15,17,24-25,28-31,36-37,47-49,55-56H,7-8,10,12,16,18-23H2,1-6H3,(H,50,57)(H,51,58)/t24-,25-,28-,29-,30-,31-,36-,37-/m0/s1. The molecule has 3 aliphatic rings. The number of aromatic nitrogens is 2. The van der Waals surface area contributed by atoms with Gasteiger partial charge in [0.05, 0.1) is 41.2 Å². The molecule has 324 valence electrons. The molecule has 0 bridgehead atoms. The lowest BCUT2D eigenvalue weighted by Gasteiger charge is -2.30. The van der Waals surface area contributed by atoms with E-state index in [-0.39, 0.29) is 42.8 Å². The number of aliphatic hydroxyl groups is 2. The van der Waals surface area contributed by atoms with Crippen LogP contribution in [0.15, 0.2) is 36.4 Å². The smallest absolute Gasteiger partial charge is 0.245 e. The zero-order chi connectivity index (χ0) is 43.0. The second kappa shape index (κ2) is 18.0. The minimum Gasteiger partial charge on any atom is -0.391 e. The highest BCUT2D eigenvalue weighted by Crippen LogP contribution is 2.43. The zero-order valence-corrected chi connectivity index (χ0v) is 35.6. The number of halogens is 1. The number of nitrogens with zero attached hydrogens (tertiary/aromatic N) is 3. The van der Waals surface area contributed by atoms with Crippen molar-refractivity contribution in [3.8, 4) is 11.4 Å². The summed E-state index contributed by atoms with van der Waals surface area (Å²) in [6, 6.07) is 7.68. The summed E-state index contributed by atoms with van der Waals surface area (Å²) in [7, 11) is 3.37. The van der Waals surface area contributed by atoms with Crippen molar-refractivity contribution in [1.82, 2.24) is 40.6 Å². The van der Waals surface area contributed by atoms with Gasteiger partial charge in [0.1, 0.15) is 17.9 Å². The molecule has 0 radical (unpaired) electrons. The highest BCUT2D eigenvalue weighted by atomic mass is 19.1. The minimum atomic E-state index is -0.775. The Balaban J connectivity index is 1.31. The van der Waals surface area contributed by atoms with E-state index in [4.69, 9.17) is 0 Å². The van der Waals surface area contributed by atoms with Crippen LogP contribution >= 0.6 is 0 Å². The van der Waals surface area contributed by atoms with Crippen LogP contribution < -0.4 is 21.3 Å². The zero-order valence-electron chi connectivity index (χ0n) is 35.6. The van der Waals surface area contributed by atoms with Crippen molar-refractivity contribution in [1.29, 1.82) is 0 Å². The Bertz CT molecular complexity index is 2250. The first-order valence-electron chi connectivity index (χ1n) is 21.6. The van der Waals surface area contributed by atoms with Gasteiger partial charge in [-0.1, -0.05) is 32.0 Å². The van der Waals surface area contributed by atoms with Gasteiger partial charge in [0, 0.05) is 48.0 Å². The number of para-hydroxylation sites is 1. The van der Waals surface area contributed by atoms with E-state index in [0.29, 0.717) is 44.0 Å². The van der Waals surface area contributed by atoms with Crippen molar-refractivity contribution in [3.05, 3.63) is 58.9 Å². The lowest BCUT2D eigenvalue weighted by atomic mass is 9.94. The number of β-amino-alcohol motifs (C(OH)–C–C–N with tert-alkyl or cyclic N) is 2. The molecule has 7 rings (SSSR count). The number of likely N-dealkylation sites (N-methyl/N-ethyl adjacent to an activating group) is 2. The number of H-pyrrole nitrogens is 1. The molecule has 15 heteroatoms. The average Bonchev–Trinajstić information content (AvgIpc) is 3.99. The van der Waals surface area contributed by atoms with E-state index in [1.165, 1.54) is 17.7 Å². The number of aromatic amines is 1. The topological polar surface area (TPSA) is 184 Å². The van der Waals surface area contributed by atoms with Gasteiger partial charge in [0.15, 0.2) is 0 Å². The van der Waals surface area contributed by atoms with Gasteiger partial charge >= 0.3 is 0 Å². The molecule has 2 saturated heterocycles. The number of rotatable bonds is 15. The maximum absolute atomic E-state index is 15.0. The first-order valence-corrected chi connectivity index (χ1v) is 21.6. The van der Waals surface area contributed by atoms with Crippen LogP contribution in [0.4, 0.5) is 4.39 Å². The second-order valence-electron chi connectivity index (χ2n) is 17.0. The van der Waals surface area contributed by atoms with Crippen molar-refractivity contribution in [3.63, 3.8) is 0 Å². The Labute approximate surface area is 350 Å². The van der Waals surface area contributed by atoms with Crippen LogP contribution in [0.1, 0.15) is 76.5 Å². The van der Waals surface area contributed by atoms with Gasteiger partial charge < -0.3 is 50.8 Å². The van der Waals surface area contributed by atoms with E-state index in [2.05, 4.69) is 49.0 Å². The molecule has 8 atom stereocenters. The van der Waals surface area contributed by atoms with E-state index < -0.39 is 48.2 Å². The number of hydrogen-bond acceptors (Lipinski definition) is 8. The number of hydrogen-bond donors (Lipinski definition) is 7. The van der Waals surface area contributed by atoms with Crippen LogP contribution in [-0.4, -0.2) is 129 Å². The summed E-state index contributed by atoms with van der Waals surface area (Å²) >= 11 is 0. The fraction of sp³-hybridized carbons (Fsp3) is 0.556. The van der Waals surface area contributed by atoms with Gasteiger partial charge in [-0.25, -0.2) is 4.39 Å². The molecule has 4 aromatic rings. The van der Waals surface area contributed by atoms with Crippen LogP contribution in [0.3, 0.4) is 0 Å². The molecular formula is C45H61FN8O6. The SMILES string of the molecule is CC[C@H](NC(=O)[C@H](C)NC)C(=O)N1C[C@@H](O)C[C@H]1Cc1c(-c2c(C[C@@H]3C[C@H](O)CN3C(=O)[C@H](CC)NC(=O)[C@H](C)NC)c3cccc4c3n2CCC4)[nH]c2cc(F)ccc12. The Hall–Kier alpha value is -4.83. The summed E-state index contributed by atoms with van der Waals surface area (Å²) < 4.78 is 17.3. The largest absolute Gasteiger partial charge is 0.391 e. The van der Waals surface area contributed by atoms with Crippen molar-refractivity contribution in [2.45, 2.75) is 134 Å². The molecule has 5 heterocycles. The molecule has 7 N–H and O–H groups in total. The molecule has 60 heavy (non-hydrogen) atoms. The van der Waals surface area contributed by atoms with Crippen LogP contribution in [0, 0.1) is 5.82 Å². The lowest BCUT2D eigenvalue weighted by molar-refractivity contribution is -0.138. The van der Waals surface area contributed by atoms with E-state index in [1.807, 2.05) is 13.8 Å². The number of aryl methyl sites for hydroxylation is 2. The normalized spacial score (nSPS) is 22.3. The molecule has 0 saturated carbocycles. The van der Waals surface area contributed by atoms with E-state index in [0.717, 1.165) is 58.2 Å². The third-order valence-corrected chi connectivity index (χ3v) is 13.1. The molecule has 0 aliphatic carbocycles. The minimum absolute atomic E-state index is 0.125. The highest BCUT2D eigenvalue weighted by Gasteiger charge is 2.41. The number of nitrogens with one attached hydrogen (secondary N) is 5. The van der Waals surface area contributed by atoms with Crippen molar-refractivity contribution >= 4 is 45.4 Å². The molecule has 2 fully saturated rings. The fourth-order valence-corrected chi connectivity index (χ4v) is 9.66. The monoisotopic (exact) mass is 828 g/mol. The van der Waals surface area contributed by atoms with Crippen LogP contribution in [0.5, 0.6) is 0 Å². The number of benzene rings is 2. The molecule has 2 aromatic carbocycles. The third kappa shape index (κ3) is 8.28. The van der Waals surface area contributed by atoms with Crippen molar-refractivity contribution in [2.24, 2.45) is 0 Å². The van der Waals surface area contributed by atoms with Crippen LogP contribution in [-0.2, 0) is 45.0 Å². The Kier molecular flexibility index (Phi) is 13.0. The maximum Gasteiger partial charge on any atom is 0.245 e. The number of aliphatic hydroxyl groups excluding tert-OH is 2.